The van der Waals surface area contributed by atoms with E-state index in [1.165, 1.54) is 6.33 Å². The van der Waals surface area contributed by atoms with Crippen LogP contribution in [0.3, 0.4) is 0 Å². The van der Waals surface area contributed by atoms with Crippen LogP contribution in [-0.4, -0.2) is 16.5 Å². The van der Waals surface area contributed by atoms with Crippen LogP contribution in [-0.2, 0) is 0 Å². The Morgan fingerprint density at radius 2 is 2.11 bits per heavy atom. The van der Waals surface area contributed by atoms with Gasteiger partial charge in [-0.05, 0) is 41.1 Å². The van der Waals surface area contributed by atoms with Crippen LogP contribution in [0.2, 0.25) is 5.02 Å². The molecule has 2 rings (SSSR count). The molecule has 0 aliphatic rings. The van der Waals surface area contributed by atoms with Gasteiger partial charge in [0.2, 0.25) is 5.88 Å². The number of aromatic nitrogens is 2. The van der Waals surface area contributed by atoms with E-state index in [4.69, 9.17) is 16.3 Å². The van der Waals surface area contributed by atoms with Crippen molar-refractivity contribution in [3.8, 4) is 11.6 Å². The van der Waals surface area contributed by atoms with Gasteiger partial charge in [-0.3, -0.25) is 0 Å². The quantitative estimate of drug-likeness (QED) is 0.785. The Hall–Kier alpha value is -0.850. The SMILES string of the molecule is CCNc1ncnc(Oc2cc(Br)ccc2Cl)c1Br. The predicted molar refractivity (Wildman–Crippen MR) is 83.1 cm³/mol. The second kappa shape index (κ2) is 6.54. The van der Waals surface area contributed by atoms with Gasteiger partial charge >= 0.3 is 0 Å². The Labute approximate surface area is 132 Å². The van der Waals surface area contributed by atoms with Crippen LogP contribution in [0, 0.1) is 0 Å². The topological polar surface area (TPSA) is 47.0 Å². The van der Waals surface area contributed by atoms with Crippen LogP contribution in [0.25, 0.3) is 0 Å². The summed E-state index contributed by atoms with van der Waals surface area (Å²) in [6.07, 6.45) is 1.43. The van der Waals surface area contributed by atoms with E-state index in [9.17, 15) is 0 Å². The highest BCUT2D eigenvalue weighted by Crippen LogP contribution is 2.36. The van der Waals surface area contributed by atoms with Crippen molar-refractivity contribution in [2.24, 2.45) is 0 Å². The van der Waals surface area contributed by atoms with E-state index < -0.39 is 0 Å². The molecule has 0 fully saturated rings. The molecular formula is C12H10Br2ClN3O. The highest BCUT2D eigenvalue weighted by atomic mass is 79.9. The van der Waals surface area contributed by atoms with Crippen LogP contribution >= 0.6 is 43.5 Å². The molecule has 0 unspecified atom stereocenters. The summed E-state index contributed by atoms with van der Waals surface area (Å²) in [7, 11) is 0. The average molecular weight is 407 g/mol. The molecule has 0 aliphatic heterocycles. The van der Waals surface area contributed by atoms with Gasteiger partial charge in [0.1, 0.15) is 22.4 Å². The van der Waals surface area contributed by atoms with Crippen molar-refractivity contribution in [1.82, 2.24) is 9.97 Å². The normalized spacial score (nSPS) is 10.3. The van der Waals surface area contributed by atoms with E-state index in [-0.39, 0.29) is 0 Å². The number of hydrogen-bond donors (Lipinski definition) is 1. The number of halogens is 3. The van der Waals surface area contributed by atoms with Gasteiger partial charge in [-0.1, -0.05) is 27.5 Å². The lowest BCUT2D eigenvalue weighted by Crippen LogP contribution is -2.02. The molecule has 0 amide bonds. The summed E-state index contributed by atoms with van der Waals surface area (Å²) in [5.41, 5.74) is 0. The van der Waals surface area contributed by atoms with Crippen molar-refractivity contribution in [2.45, 2.75) is 6.92 Å². The third kappa shape index (κ3) is 3.58. The summed E-state index contributed by atoms with van der Waals surface area (Å²) >= 11 is 12.9. The van der Waals surface area contributed by atoms with Crippen molar-refractivity contribution in [1.29, 1.82) is 0 Å². The lowest BCUT2D eigenvalue weighted by Gasteiger charge is -2.11. The minimum absolute atomic E-state index is 0.408. The number of nitrogens with zero attached hydrogens (tertiary/aromatic N) is 2. The Kier molecular flexibility index (Phi) is 5.01. The largest absolute Gasteiger partial charge is 0.436 e. The van der Waals surface area contributed by atoms with Gasteiger partial charge in [0.05, 0.1) is 5.02 Å². The fourth-order valence-electron chi connectivity index (χ4n) is 1.38. The van der Waals surface area contributed by atoms with Crippen LogP contribution in [0.1, 0.15) is 6.92 Å². The average Bonchev–Trinajstić information content (AvgIpc) is 2.39. The summed E-state index contributed by atoms with van der Waals surface area (Å²) in [4.78, 5) is 8.21. The minimum atomic E-state index is 0.408. The van der Waals surface area contributed by atoms with E-state index in [2.05, 4.69) is 47.1 Å². The Morgan fingerprint density at radius 3 is 2.84 bits per heavy atom. The third-order valence-corrected chi connectivity index (χ3v) is 3.72. The van der Waals surface area contributed by atoms with Crippen molar-refractivity contribution >= 4 is 49.3 Å². The lowest BCUT2D eigenvalue weighted by molar-refractivity contribution is 0.458. The number of nitrogens with one attached hydrogen (secondary N) is 1. The molecule has 100 valence electrons. The van der Waals surface area contributed by atoms with Crippen molar-refractivity contribution in [3.63, 3.8) is 0 Å². The number of anilines is 1. The Bertz CT molecular complexity index is 595. The molecule has 2 aromatic rings. The molecule has 19 heavy (non-hydrogen) atoms. The van der Waals surface area contributed by atoms with Gasteiger partial charge in [0, 0.05) is 11.0 Å². The highest BCUT2D eigenvalue weighted by Gasteiger charge is 2.12. The smallest absolute Gasteiger partial charge is 0.238 e. The maximum Gasteiger partial charge on any atom is 0.238 e. The van der Waals surface area contributed by atoms with Gasteiger partial charge in [-0.25, -0.2) is 9.97 Å². The zero-order valence-corrected chi connectivity index (χ0v) is 13.9. The number of benzene rings is 1. The highest BCUT2D eigenvalue weighted by molar-refractivity contribution is 9.11. The van der Waals surface area contributed by atoms with Gasteiger partial charge in [0.25, 0.3) is 0 Å². The van der Waals surface area contributed by atoms with Crippen LogP contribution in [0.15, 0.2) is 33.5 Å². The van der Waals surface area contributed by atoms with Gasteiger partial charge in [-0.2, -0.15) is 0 Å². The van der Waals surface area contributed by atoms with Crippen LogP contribution < -0.4 is 10.1 Å². The maximum absolute atomic E-state index is 6.08. The maximum atomic E-state index is 6.08. The number of hydrogen-bond acceptors (Lipinski definition) is 4. The van der Waals surface area contributed by atoms with Crippen molar-refractivity contribution in [3.05, 3.63) is 38.5 Å². The summed E-state index contributed by atoms with van der Waals surface area (Å²) in [6, 6.07) is 5.37. The van der Waals surface area contributed by atoms with E-state index >= 15 is 0 Å². The van der Waals surface area contributed by atoms with E-state index in [1.807, 2.05) is 13.0 Å². The fraction of sp³-hybridized carbons (Fsp3) is 0.167. The molecule has 0 spiro atoms. The predicted octanol–water partition coefficient (Wildman–Crippen LogP) is 4.88. The Balaban J connectivity index is 2.33. The lowest BCUT2D eigenvalue weighted by atomic mass is 10.3. The first-order valence-corrected chi connectivity index (χ1v) is 7.45. The molecule has 0 saturated heterocycles. The van der Waals surface area contributed by atoms with Gasteiger partial charge in [-0.15, -0.1) is 0 Å². The number of rotatable bonds is 4. The minimum Gasteiger partial charge on any atom is -0.436 e. The molecule has 4 nitrogen and oxygen atoms in total. The molecule has 1 heterocycles. The van der Waals surface area contributed by atoms with E-state index in [1.54, 1.807) is 12.1 Å². The second-order valence-corrected chi connectivity index (χ2v) is 5.66. The first-order valence-electron chi connectivity index (χ1n) is 5.49. The molecular weight excluding hydrogens is 397 g/mol. The van der Waals surface area contributed by atoms with Crippen molar-refractivity contribution in [2.75, 3.05) is 11.9 Å². The summed E-state index contributed by atoms with van der Waals surface area (Å²) in [5.74, 6) is 1.61. The number of ether oxygens (including phenoxy) is 1. The molecule has 0 atom stereocenters. The molecule has 0 bridgehead atoms. The molecule has 0 radical (unpaired) electrons. The fourth-order valence-corrected chi connectivity index (χ4v) is 2.30. The van der Waals surface area contributed by atoms with E-state index in [0.717, 1.165) is 11.0 Å². The standard InChI is InChI=1S/C12H10Br2ClN3O/c1-2-16-11-10(14)12(18-6-17-11)19-9-5-7(13)3-4-8(9)15/h3-6H,2H2,1H3,(H,16,17,18). The summed E-state index contributed by atoms with van der Waals surface area (Å²) < 4.78 is 7.25. The Morgan fingerprint density at radius 1 is 1.32 bits per heavy atom. The zero-order chi connectivity index (χ0) is 13.8. The van der Waals surface area contributed by atoms with Crippen LogP contribution in [0.5, 0.6) is 11.6 Å². The van der Waals surface area contributed by atoms with Gasteiger partial charge < -0.3 is 10.1 Å². The molecule has 1 N–H and O–H groups in total. The first-order chi connectivity index (χ1) is 9.11. The van der Waals surface area contributed by atoms with E-state index in [0.29, 0.717) is 26.9 Å². The molecule has 7 heteroatoms. The first kappa shape index (κ1) is 14.6. The molecule has 1 aromatic carbocycles. The molecule has 0 saturated carbocycles. The van der Waals surface area contributed by atoms with Crippen molar-refractivity contribution < 1.29 is 4.74 Å². The second-order valence-electron chi connectivity index (χ2n) is 3.55. The molecule has 1 aromatic heterocycles. The summed E-state index contributed by atoms with van der Waals surface area (Å²) in [6.45, 7) is 2.74. The summed E-state index contributed by atoms with van der Waals surface area (Å²) in [5, 5.41) is 3.62. The molecule has 0 aliphatic carbocycles. The third-order valence-electron chi connectivity index (χ3n) is 2.20. The zero-order valence-electron chi connectivity index (χ0n) is 9.95. The van der Waals surface area contributed by atoms with Gasteiger partial charge in [0.15, 0.2) is 0 Å². The van der Waals surface area contributed by atoms with Crippen LogP contribution in [0.4, 0.5) is 5.82 Å². The monoisotopic (exact) mass is 405 g/mol.